The van der Waals surface area contributed by atoms with Gasteiger partial charge in [-0.15, -0.1) is 0 Å². The predicted octanol–water partition coefficient (Wildman–Crippen LogP) is 3.07. The number of ether oxygens (including phenoxy) is 1. The van der Waals surface area contributed by atoms with E-state index in [1.54, 1.807) is 37.3 Å². The molecule has 3 aromatic rings. The summed E-state index contributed by atoms with van der Waals surface area (Å²) in [5.41, 5.74) is 2.07. The second-order valence-electron chi connectivity index (χ2n) is 6.33. The van der Waals surface area contributed by atoms with Gasteiger partial charge in [0.15, 0.2) is 12.3 Å². The lowest BCUT2D eigenvalue weighted by molar-refractivity contribution is 0.0468. The van der Waals surface area contributed by atoms with Gasteiger partial charge in [0.1, 0.15) is 0 Å². The van der Waals surface area contributed by atoms with Crippen molar-refractivity contribution in [1.29, 1.82) is 0 Å². The number of Topliss-reactive ketones (excluding diaryl/α,β-unsaturated/α-hetero) is 1. The maximum absolute atomic E-state index is 12.6. The molecule has 0 unspecified atom stereocenters. The Kier molecular flexibility index (Phi) is 5.16. The van der Waals surface area contributed by atoms with Gasteiger partial charge >= 0.3 is 5.97 Å². The molecule has 0 fully saturated rings. The van der Waals surface area contributed by atoms with E-state index in [0.717, 1.165) is 11.1 Å². The molecule has 0 radical (unpaired) electrons. The van der Waals surface area contributed by atoms with Crippen molar-refractivity contribution >= 4 is 22.5 Å². The van der Waals surface area contributed by atoms with E-state index in [9.17, 15) is 14.4 Å². The van der Waals surface area contributed by atoms with Crippen LogP contribution in [0.3, 0.4) is 0 Å². The summed E-state index contributed by atoms with van der Waals surface area (Å²) in [6, 6.07) is 12.3. The number of carbonyl (C=O) groups is 2. The highest BCUT2D eigenvalue weighted by molar-refractivity contribution is 6.04. The van der Waals surface area contributed by atoms with Gasteiger partial charge in [0.2, 0.25) is 5.78 Å². The van der Waals surface area contributed by atoms with E-state index in [4.69, 9.17) is 4.74 Å². The Morgan fingerprint density at radius 3 is 2.48 bits per heavy atom. The largest absolute Gasteiger partial charge is 0.452 e. The zero-order valence-electron chi connectivity index (χ0n) is 15.5. The van der Waals surface area contributed by atoms with E-state index in [0.29, 0.717) is 22.9 Å². The first-order valence-corrected chi connectivity index (χ1v) is 8.69. The standard InChI is InChI=1S/C21H20N2O4/c1-4-23-20(25)16-8-6-5-7-15(16)19(22-23)21(26)27-12-18(24)17-11-13(2)9-10-14(17)3/h5-11H,4,12H2,1-3H3. The first-order chi connectivity index (χ1) is 12.9. The third-order valence-corrected chi connectivity index (χ3v) is 4.39. The second kappa shape index (κ2) is 7.53. The van der Waals surface area contributed by atoms with Crippen LogP contribution in [0.4, 0.5) is 0 Å². The van der Waals surface area contributed by atoms with E-state index >= 15 is 0 Å². The second-order valence-corrected chi connectivity index (χ2v) is 6.33. The number of aryl methyl sites for hydroxylation is 3. The van der Waals surface area contributed by atoms with Gasteiger partial charge in [-0.3, -0.25) is 9.59 Å². The molecule has 0 aliphatic rings. The van der Waals surface area contributed by atoms with Gasteiger partial charge in [-0.25, -0.2) is 9.48 Å². The SMILES string of the molecule is CCn1nc(C(=O)OCC(=O)c2cc(C)ccc2C)c2ccccc2c1=O. The third-order valence-electron chi connectivity index (χ3n) is 4.39. The lowest BCUT2D eigenvalue weighted by atomic mass is 10.0. The number of ketones is 1. The molecule has 0 spiro atoms. The van der Waals surface area contributed by atoms with Crippen LogP contribution in [-0.4, -0.2) is 28.1 Å². The zero-order valence-corrected chi connectivity index (χ0v) is 15.5. The van der Waals surface area contributed by atoms with Crippen LogP contribution < -0.4 is 5.56 Å². The van der Waals surface area contributed by atoms with Crippen LogP contribution in [0.5, 0.6) is 0 Å². The fraction of sp³-hybridized carbons (Fsp3) is 0.238. The van der Waals surface area contributed by atoms with Crippen molar-refractivity contribution in [2.75, 3.05) is 6.61 Å². The molecule has 0 bridgehead atoms. The van der Waals surface area contributed by atoms with Crippen molar-refractivity contribution < 1.29 is 14.3 Å². The quantitative estimate of drug-likeness (QED) is 0.513. The van der Waals surface area contributed by atoms with Crippen LogP contribution in [0.1, 0.15) is 38.9 Å². The summed E-state index contributed by atoms with van der Waals surface area (Å²) in [4.78, 5) is 37.4. The Hall–Kier alpha value is -3.28. The molecule has 6 heteroatoms. The number of nitrogens with zero attached hydrogens (tertiary/aromatic N) is 2. The van der Waals surface area contributed by atoms with Gasteiger partial charge in [0.25, 0.3) is 5.56 Å². The van der Waals surface area contributed by atoms with E-state index < -0.39 is 5.97 Å². The number of aromatic nitrogens is 2. The summed E-state index contributed by atoms with van der Waals surface area (Å²) in [6.45, 7) is 5.44. The predicted molar refractivity (Wildman–Crippen MR) is 102 cm³/mol. The lowest BCUT2D eigenvalue weighted by Crippen LogP contribution is -2.26. The minimum atomic E-state index is -0.730. The first-order valence-electron chi connectivity index (χ1n) is 8.69. The summed E-state index contributed by atoms with van der Waals surface area (Å²) < 4.78 is 6.43. The molecule has 0 saturated carbocycles. The van der Waals surface area contributed by atoms with Crippen LogP contribution in [0, 0.1) is 13.8 Å². The van der Waals surface area contributed by atoms with E-state index in [1.165, 1.54) is 4.68 Å². The minimum Gasteiger partial charge on any atom is -0.452 e. The zero-order chi connectivity index (χ0) is 19.6. The third kappa shape index (κ3) is 3.65. The van der Waals surface area contributed by atoms with Crippen molar-refractivity contribution in [1.82, 2.24) is 9.78 Å². The molecule has 1 heterocycles. The maximum Gasteiger partial charge on any atom is 0.359 e. The van der Waals surface area contributed by atoms with Crippen LogP contribution in [0.25, 0.3) is 10.8 Å². The molecular formula is C21H20N2O4. The van der Waals surface area contributed by atoms with Crippen molar-refractivity contribution in [3.8, 4) is 0 Å². The number of carbonyl (C=O) groups excluding carboxylic acids is 2. The summed E-state index contributed by atoms with van der Waals surface area (Å²) >= 11 is 0. The molecule has 3 rings (SSSR count). The van der Waals surface area contributed by atoms with Gasteiger partial charge in [-0.1, -0.05) is 35.9 Å². The molecule has 0 aliphatic heterocycles. The van der Waals surface area contributed by atoms with E-state index in [1.807, 2.05) is 26.0 Å². The lowest BCUT2D eigenvalue weighted by Gasteiger charge is -2.10. The van der Waals surface area contributed by atoms with Gasteiger partial charge in [-0.2, -0.15) is 5.10 Å². The first kappa shape index (κ1) is 18.5. The fourth-order valence-electron chi connectivity index (χ4n) is 2.91. The topological polar surface area (TPSA) is 78.3 Å². The molecular weight excluding hydrogens is 344 g/mol. The summed E-state index contributed by atoms with van der Waals surface area (Å²) in [7, 11) is 0. The number of fused-ring (bicyclic) bond motifs is 1. The molecule has 138 valence electrons. The molecule has 0 atom stereocenters. The number of hydrogen-bond donors (Lipinski definition) is 0. The van der Waals surface area contributed by atoms with Crippen LogP contribution in [-0.2, 0) is 11.3 Å². The normalized spacial score (nSPS) is 10.8. The molecule has 0 saturated heterocycles. The van der Waals surface area contributed by atoms with Crippen molar-refractivity contribution in [3.63, 3.8) is 0 Å². The fourth-order valence-corrected chi connectivity index (χ4v) is 2.91. The Morgan fingerprint density at radius 2 is 1.78 bits per heavy atom. The molecule has 0 N–H and O–H groups in total. The molecule has 0 aliphatic carbocycles. The van der Waals surface area contributed by atoms with Gasteiger partial charge in [-0.05, 0) is 38.5 Å². The van der Waals surface area contributed by atoms with Gasteiger partial charge in [0.05, 0.1) is 5.39 Å². The highest BCUT2D eigenvalue weighted by Crippen LogP contribution is 2.15. The Bertz CT molecular complexity index is 1100. The minimum absolute atomic E-state index is 0.0285. The number of esters is 1. The van der Waals surface area contributed by atoms with Crippen LogP contribution in [0.15, 0.2) is 47.3 Å². The summed E-state index contributed by atoms with van der Waals surface area (Å²) in [5, 5.41) is 4.92. The highest BCUT2D eigenvalue weighted by atomic mass is 16.5. The maximum atomic E-state index is 12.6. The van der Waals surface area contributed by atoms with Crippen LogP contribution in [0.2, 0.25) is 0 Å². The average molecular weight is 364 g/mol. The summed E-state index contributed by atoms with van der Waals surface area (Å²) in [6.07, 6.45) is 0. The van der Waals surface area contributed by atoms with Gasteiger partial charge < -0.3 is 4.74 Å². The van der Waals surface area contributed by atoms with Crippen molar-refractivity contribution in [2.45, 2.75) is 27.3 Å². The molecule has 2 aromatic carbocycles. The van der Waals surface area contributed by atoms with Crippen molar-refractivity contribution in [2.24, 2.45) is 0 Å². The smallest absolute Gasteiger partial charge is 0.359 e. The number of benzene rings is 2. The number of rotatable bonds is 5. The molecule has 1 aromatic heterocycles. The monoisotopic (exact) mass is 364 g/mol. The molecule has 6 nitrogen and oxygen atoms in total. The molecule has 0 amide bonds. The Labute approximate surface area is 156 Å². The van der Waals surface area contributed by atoms with Gasteiger partial charge in [0, 0.05) is 17.5 Å². The highest BCUT2D eigenvalue weighted by Gasteiger charge is 2.19. The van der Waals surface area contributed by atoms with E-state index in [-0.39, 0.29) is 23.6 Å². The molecule has 27 heavy (non-hydrogen) atoms. The van der Waals surface area contributed by atoms with E-state index in [2.05, 4.69) is 5.10 Å². The Balaban J connectivity index is 1.89. The van der Waals surface area contributed by atoms with Crippen molar-refractivity contribution in [3.05, 3.63) is 75.2 Å². The Morgan fingerprint density at radius 1 is 1.07 bits per heavy atom. The summed E-state index contributed by atoms with van der Waals surface area (Å²) in [5.74, 6) is -1.01. The van der Waals surface area contributed by atoms with Crippen LogP contribution >= 0.6 is 0 Å². The average Bonchev–Trinajstić information content (AvgIpc) is 2.68. The number of hydrogen-bond acceptors (Lipinski definition) is 5.